The van der Waals surface area contributed by atoms with E-state index in [9.17, 15) is 8.78 Å². The maximum atomic E-state index is 13.5. The molecule has 0 fully saturated rings. The molecule has 1 N–H and O–H groups in total. The third-order valence-corrected chi connectivity index (χ3v) is 2.12. The highest BCUT2D eigenvalue weighted by Crippen LogP contribution is 2.26. The smallest absolute Gasteiger partial charge is 0.152 e. The van der Waals surface area contributed by atoms with E-state index in [2.05, 4.69) is 15.3 Å². The first-order valence-corrected chi connectivity index (χ1v) is 4.66. The fourth-order valence-electron chi connectivity index (χ4n) is 1.40. The van der Waals surface area contributed by atoms with E-state index in [1.54, 1.807) is 7.05 Å². The number of rotatable bonds is 2. The molecule has 0 radical (unpaired) electrons. The van der Waals surface area contributed by atoms with Gasteiger partial charge in [-0.05, 0) is 18.2 Å². The van der Waals surface area contributed by atoms with E-state index >= 15 is 0 Å². The first-order valence-electron chi connectivity index (χ1n) is 4.66. The van der Waals surface area contributed by atoms with Crippen LogP contribution in [0.5, 0.6) is 0 Å². The molecule has 2 rings (SSSR count). The average Bonchev–Trinajstić information content (AvgIpc) is 2.32. The first kappa shape index (κ1) is 10.5. The Hall–Kier alpha value is -2.04. The van der Waals surface area contributed by atoms with E-state index in [0.29, 0.717) is 11.5 Å². The van der Waals surface area contributed by atoms with Crippen LogP contribution in [0.2, 0.25) is 0 Å². The van der Waals surface area contributed by atoms with Gasteiger partial charge in [0.15, 0.2) is 5.82 Å². The highest BCUT2D eigenvalue weighted by molar-refractivity contribution is 5.71. The maximum absolute atomic E-state index is 13.5. The second-order valence-electron chi connectivity index (χ2n) is 3.13. The van der Waals surface area contributed by atoms with Crippen LogP contribution < -0.4 is 5.32 Å². The topological polar surface area (TPSA) is 37.8 Å². The molecule has 82 valence electrons. The van der Waals surface area contributed by atoms with Gasteiger partial charge < -0.3 is 5.32 Å². The Kier molecular flexibility index (Phi) is 2.76. The van der Waals surface area contributed by atoms with E-state index in [1.807, 2.05) is 0 Å². The number of nitrogens with one attached hydrogen (secondary N) is 1. The van der Waals surface area contributed by atoms with E-state index < -0.39 is 11.6 Å². The van der Waals surface area contributed by atoms with Crippen molar-refractivity contribution in [3.63, 3.8) is 0 Å². The minimum atomic E-state index is -0.529. The van der Waals surface area contributed by atoms with Gasteiger partial charge in [0.1, 0.15) is 17.3 Å². The zero-order chi connectivity index (χ0) is 11.5. The van der Waals surface area contributed by atoms with Crippen molar-refractivity contribution in [2.45, 2.75) is 0 Å². The average molecular weight is 221 g/mol. The van der Waals surface area contributed by atoms with Crippen LogP contribution in [-0.4, -0.2) is 17.0 Å². The quantitative estimate of drug-likeness (QED) is 0.846. The van der Waals surface area contributed by atoms with Crippen LogP contribution >= 0.6 is 0 Å². The van der Waals surface area contributed by atoms with E-state index in [-0.39, 0.29) is 5.56 Å². The fourth-order valence-corrected chi connectivity index (χ4v) is 1.40. The van der Waals surface area contributed by atoms with Crippen molar-refractivity contribution in [3.8, 4) is 11.3 Å². The zero-order valence-electron chi connectivity index (χ0n) is 8.54. The zero-order valence-corrected chi connectivity index (χ0v) is 8.54. The summed E-state index contributed by atoms with van der Waals surface area (Å²) < 4.78 is 26.5. The summed E-state index contributed by atoms with van der Waals surface area (Å²) in [5.41, 5.74) is 0.388. The van der Waals surface area contributed by atoms with Crippen molar-refractivity contribution in [2.24, 2.45) is 0 Å². The fraction of sp³-hybridized carbons (Fsp3) is 0.0909. The van der Waals surface area contributed by atoms with Crippen molar-refractivity contribution >= 4 is 5.82 Å². The summed E-state index contributed by atoms with van der Waals surface area (Å²) in [4.78, 5) is 7.97. The van der Waals surface area contributed by atoms with Crippen LogP contribution in [0.25, 0.3) is 11.3 Å². The lowest BCUT2D eigenvalue weighted by Crippen LogP contribution is -1.99. The molecule has 0 aliphatic rings. The van der Waals surface area contributed by atoms with Gasteiger partial charge in [0.2, 0.25) is 0 Å². The van der Waals surface area contributed by atoms with Crippen molar-refractivity contribution in [1.82, 2.24) is 9.97 Å². The summed E-state index contributed by atoms with van der Waals surface area (Å²) in [6.45, 7) is 0. The van der Waals surface area contributed by atoms with Crippen molar-refractivity contribution in [1.29, 1.82) is 0 Å². The van der Waals surface area contributed by atoms with Gasteiger partial charge in [-0.1, -0.05) is 0 Å². The highest BCUT2D eigenvalue weighted by Gasteiger charge is 2.12. The van der Waals surface area contributed by atoms with Crippen LogP contribution in [-0.2, 0) is 0 Å². The Labute approximate surface area is 91.2 Å². The number of benzene rings is 1. The summed E-state index contributed by atoms with van der Waals surface area (Å²) in [6, 6.07) is 3.23. The van der Waals surface area contributed by atoms with Crippen LogP contribution in [0.15, 0.2) is 30.6 Å². The number of anilines is 1. The molecular formula is C11H9F2N3. The number of halogens is 2. The van der Waals surface area contributed by atoms with Crippen LogP contribution in [0.1, 0.15) is 0 Å². The molecule has 1 aromatic heterocycles. The molecule has 1 heterocycles. The van der Waals surface area contributed by atoms with Gasteiger partial charge in [0.05, 0.1) is 0 Å². The first-order chi connectivity index (χ1) is 7.72. The summed E-state index contributed by atoms with van der Waals surface area (Å²) in [6.07, 6.45) is 2.91. The number of hydrogen-bond donors (Lipinski definition) is 1. The van der Waals surface area contributed by atoms with Gasteiger partial charge in [-0.15, -0.1) is 0 Å². The van der Waals surface area contributed by atoms with E-state index in [1.165, 1.54) is 12.4 Å². The van der Waals surface area contributed by atoms with Crippen LogP contribution in [0.3, 0.4) is 0 Å². The van der Waals surface area contributed by atoms with Gasteiger partial charge in [-0.3, -0.25) is 4.98 Å². The van der Waals surface area contributed by atoms with Gasteiger partial charge >= 0.3 is 0 Å². The van der Waals surface area contributed by atoms with Gasteiger partial charge in [0, 0.05) is 25.0 Å². The molecule has 16 heavy (non-hydrogen) atoms. The Morgan fingerprint density at radius 1 is 1.12 bits per heavy atom. The largest absolute Gasteiger partial charge is 0.371 e. The highest BCUT2D eigenvalue weighted by atomic mass is 19.1. The maximum Gasteiger partial charge on any atom is 0.152 e. The van der Waals surface area contributed by atoms with Gasteiger partial charge in [-0.25, -0.2) is 13.8 Å². The van der Waals surface area contributed by atoms with Crippen LogP contribution in [0, 0.1) is 11.6 Å². The van der Waals surface area contributed by atoms with Crippen molar-refractivity contribution < 1.29 is 8.78 Å². The predicted octanol–water partition coefficient (Wildman–Crippen LogP) is 2.46. The number of hydrogen-bond acceptors (Lipinski definition) is 3. The SMILES string of the molecule is CNc1nccnc1-c1cc(F)ccc1F. The molecule has 0 saturated carbocycles. The summed E-state index contributed by atoms with van der Waals surface area (Å²) in [7, 11) is 1.64. The second-order valence-corrected chi connectivity index (χ2v) is 3.13. The van der Waals surface area contributed by atoms with Gasteiger partial charge in [0.25, 0.3) is 0 Å². The molecule has 0 amide bonds. The summed E-state index contributed by atoms with van der Waals surface area (Å²) >= 11 is 0. The number of aromatic nitrogens is 2. The molecule has 5 heteroatoms. The Morgan fingerprint density at radius 2 is 1.88 bits per heavy atom. The Bertz CT molecular complexity index is 514. The van der Waals surface area contributed by atoms with E-state index in [4.69, 9.17) is 0 Å². The molecule has 0 atom stereocenters. The molecule has 0 aliphatic heterocycles. The molecule has 0 spiro atoms. The molecule has 2 aromatic rings. The lowest BCUT2D eigenvalue weighted by Gasteiger charge is -2.07. The third kappa shape index (κ3) is 1.84. The van der Waals surface area contributed by atoms with Crippen molar-refractivity contribution in [2.75, 3.05) is 12.4 Å². The molecule has 0 bridgehead atoms. The minimum Gasteiger partial charge on any atom is -0.371 e. The molecule has 0 unspecified atom stereocenters. The Morgan fingerprint density at radius 3 is 2.62 bits per heavy atom. The lowest BCUT2D eigenvalue weighted by atomic mass is 10.1. The number of nitrogens with zero attached hydrogens (tertiary/aromatic N) is 2. The predicted molar refractivity (Wildman–Crippen MR) is 56.9 cm³/mol. The monoisotopic (exact) mass is 221 g/mol. The second kappa shape index (κ2) is 4.22. The molecule has 0 aliphatic carbocycles. The molecule has 0 saturated heterocycles. The summed E-state index contributed by atoms with van der Waals surface area (Å²) in [5, 5.41) is 2.78. The third-order valence-electron chi connectivity index (χ3n) is 2.12. The lowest BCUT2D eigenvalue weighted by molar-refractivity contribution is 0.602. The van der Waals surface area contributed by atoms with E-state index in [0.717, 1.165) is 18.2 Å². The molecule has 3 nitrogen and oxygen atoms in total. The normalized spacial score (nSPS) is 10.2. The Balaban J connectivity index is 2.62. The van der Waals surface area contributed by atoms with Crippen molar-refractivity contribution in [3.05, 3.63) is 42.2 Å². The molecular weight excluding hydrogens is 212 g/mol. The standard InChI is InChI=1S/C11H9F2N3/c1-14-11-10(15-4-5-16-11)8-6-7(12)2-3-9(8)13/h2-6H,1H3,(H,14,16). The van der Waals surface area contributed by atoms with Crippen LogP contribution in [0.4, 0.5) is 14.6 Å². The molecule has 1 aromatic carbocycles. The summed E-state index contributed by atoms with van der Waals surface area (Å²) in [5.74, 6) is -0.630. The minimum absolute atomic E-state index is 0.0949. The van der Waals surface area contributed by atoms with Gasteiger partial charge in [-0.2, -0.15) is 0 Å².